The predicted octanol–water partition coefficient (Wildman–Crippen LogP) is 1.96. The highest BCUT2D eigenvalue weighted by Crippen LogP contribution is 2.34. The Kier molecular flexibility index (Phi) is 4.97. The van der Waals surface area contributed by atoms with Gasteiger partial charge in [0.2, 0.25) is 0 Å². The van der Waals surface area contributed by atoms with Gasteiger partial charge in [-0.25, -0.2) is 0 Å². The lowest BCUT2D eigenvalue weighted by atomic mass is 10.0. The van der Waals surface area contributed by atoms with Gasteiger partial charge in [-0.05, 0) is 26.0 Å². The number of carboxylic acids is 1. The van der Waals surface area contributed by atoms with Crippen LogP contribution in [0.5, 0.6) is 11.5 Å². The van der Waals surface area contributed by atoms with Crippen LogP contribution < -0.4 is 15.2 Å². The highest BCUT2D eigenvalue weighted by Gasteiger charge is 2.20. The molecule has 0 fully saturated rings. The second-order valence-electron chi connectivity index (χ2n) is 4.24. The van der Waals surface area contributed by atoms with Crippen LogP contribution in [0.1, 0.15) is 31.9 Å². The molecule has 0 aliphatic carbocycles. The van der Waals surface area contributed by atoms with Crippen molar-refractivity contribution < 1.29 is 19.4 Å². The number of carbonyl (C=O) groups is 1. The summed E-state index contributed by atoms with van der Waals surface area (Å²) in [6.45, 7) is 3.79. The van der Waals surface area contributed by atoms with Gasteiger partial charge in [-0.3, -0.25) is 4.79 Å². The van der Waals surface area contributed by atoms with E-state index in [1.54, 1.807) is 18.2 Å². The van der Waals surface area contributed by atoms with Crippen molar-refractivity contribution in [2.75, 3.05) is 7.11 Å². The lowest BCUT2D eigenvalue weighted by Crippen LogP contribution is -2.18. The molecule has 0 amide bonds. The van der Waals surface area contributed by atoms with Crippen LogP contribution >= 0.6 is 0 Å². The molecule has 3 N–H and O–H groups in total. The highest BCUT2D eigenvalue weighted by atomic mass is 16.5. The minimum absolute atomic E-state index is 0.0205. The summed E-state index contributed by atoms with van der Waals surface area (Å²) < 4.78 is 10.9. The van der Waals surface area contributed by atoms with E-state index in [0.717, 1.165) is 0 Å². The lowest BCUT2D eigenvalue weighted by Gasteiger charge is -2.20. The molecule has 0 saturated carbocycles. The molecule has 1 aromatic rings. The first-order valence-corrected chi connectivity index (χ1v) is 5.76. The van der Waals surface area contributed by atoms with Crippen LogP contribution in [0.4, 0.5) is 0 Å². The summed E-state index contributed by atoms with van der Waals surface area (Å²) in [7, 11) is 1.52. The van der Waals surface area contributed by atoms with E-state index in [4.69, 9.17) is 20.3 Å². The molecule has 1 unspecified atom stereocenters. The average molecular weight is 253 g/mol. The Morgan fingerprint density at radius 1 is 1.39 bits per heavy atom. The number of carboxylic acid groups (broad SMARTS) is 1. The van der Waals surface area contributed by atoms with Crippen molar-refractivity contribution in [1.82, 2.24) is 0 Å². The molecule has 0 radical (unpaired) electrons. The Morgan fingerprint density at radius 3 is 2.50 bits per heavy atom. The second-order valence-corrected chi connectivity index (χ2v) is 4.24. The Labute approximate surface area is 107 Å². The SMILES string of the molecule is COc1cccc(OC(C)C)c1C(N)CC(=O)O. The molecule has 0 heterocycles. The third-order valence-electron chi connectivity index (χ3n) is 2.37. The van der Waals surface area contributed by atoms with Crippen LogP contribution in [0.25, 0.3) is 0 Å². The van der Waals surface area contributed by atoms with Gasteiger partial charge < -0.3 is 20.3 Å². The molecule has 1 aromatic carbocycles. The standard InChI is InChI=1S/C13H19NO4/c1-8(2)18-11-6-4-5-10(17-3)13(11)9(14)7-12(15)16/h4-6,8-9H,7,14H2,1-3H3,(H,15,16). The largest absolute Gasteiger partial charge is 0.496 e. The molecule has 0 bridgehead atoms. The van der Waals surface area contributed by atoms with Gasteiger partial charge in [-0.2, -0.15) is 0 Å². The monoisotopic (exact) mass is 253 g/mol. The zero-order chi connectivity index (χ0) is 13.7. The molecule has 100 valence electrons. The summed E-state index contributed by atoms with van der Waals surface area (Å²) in [4.78, 5) is 10.8. The lowest BCUT2D eigenvalue weighted by molar-refractivity contribution is -0.137. The van der Waals surface area contributed by atoms with E-state index in [2.05, 4.69) is 0 Å². The molecule has 1 atom stereocenters. The maximum absolute atomic E-state index is 10.8. The first kappa shape index (κ1) is 14.3. The van der Waals surface area contributed by atoms with Crippen LogP contribution in [0.3, 0.4) is 0 Å². The van der Waals surface area contributed by atoms with Crippen molar-refractivity contribution in [2.24, 2.45) is 5.73 Å². The van der Waals surface area contributed by atoms with Crippen molar-refractivity contribution in [3.63, 3.8) is 0 Å². The number of nitrogens with two attached hydrogens (primary N) is 1. The molecule has 18 heavy (non-hydrogen) atoms. The smallest absolute Gasteiger partial charge is 0.305 e. The van der Waals surface area contributed by atoms with Gasteiger partial charge in [0.15, 0.2) is 0 Å². The van der Waals surface area contributed by atoms with Crippen LogP contribution in [0.2, 0.25) is 0 Å². The molecule has 5 nitrogen and oxygen atoms in total. The van der Waals surface area contributed by atoms with Gasteiger partial charge in [0.1, 0.15) is 11.5 Å². The zero-order valence-corrected chi connectivity index (χ0v) is 10.8. The summed E-state index contributed by atoms with van der Waals surface area (Å²) in [6.07, 6.45) is -0.192. The van der Waals surface area contributed by atoms with Crippen molar-refractivity contribution in [2.45, 2.75) is 32.4 Å². The Hall–Kier alpha value is -1.75. The van der Waals surface area contributed by atoms with Crippen molar-refractivity contribution >= 4 is 5.97 Å². The fourth-order valence-corrected chi connectivity index (χ4v) is 1.71. The zero-order valence-electron chi connectivity index (χ0n) is 10.8. The van der Waals surface area contributed by atoms with Gasteiger partial charge in [0.05, 0.1) is 25.2 Å². The molecular weight excluding hydrogens is 234 g/mol. The van der Waals surface area contributed by atoms with Crippen molar-refractivity contribution in [3.05, 3.63) is 23.8 Å². The third kappa shape index (κ3) is 3.63. The Balaban J connectivity index is 3.14. The number of hydrogen-bond acceptors (Lipinski definition) is 4. The fraction of sp³-hybridized carbons (Fsp3) is 0.462. The van der Waals surface area contributed by atoms with E-state index in [9.17, 15) is 4.79 Å². The molecule has 0 saturated heterocycles. The van der Waals surface area contributed by atoms with Crippen LogP contribution in [-0.2, 0) is 4.79 Å². The van der Waals surface area contributed by atoms with Crippen LogP contribution in [-0.4, -0.2) is 24.3 Å². The minimum Gasteiger partial charge on any atom is -0.496 e. The maximum atomic E-state index is 10.8. The van der Waals surface area contributed by atoms with Crippen molar-refractivity contribution in [1.29, 1.82) is 0 Å². The quantitative estimate of drug-likeness (QED) is 0.809. The minimum atomic E-state index is -0.955. The van der Waals surface area contributed by atoms with E-state index in [1.807, 2.05) is 13.8 Å². The van der Waals surface area contributed by atoms with E-state index >= 15 is 0 Å². The summed E-state index contributed by atoms with van der Waals surface area (Å²) in [5.74, 6) is 0.156. The highest BCUT2D eigenvalue weighted by molar-refractivity contribution is 5.68. The van der Waals surface area contributed by atoms with Gasteiger partial charge in [-0.15, -0.1) is 0 Å². The number of aliphatic carboxylic acids is 1. The molecule has 5 heteroatoms. The molecule has 0 aromatic heterocycles. The number of rotatable bonds is 6. The molecule has 1 rings (SSSR count). The summed E-state index contributed by atoms with van der Waals surface area (Å²) >= 11 is 0. The molecule has 0 aliphatic rings. The van der Waals surface area contributed by atoms with Gasteiger partial charge in [0.25, 0.3) is 0 Å². The van der Waals surface area contributed by atoms with Gasteiger partial charge in [0, 0.05) is 6.04 Å². The number of hydrogen-bond donors (Lipinski definition) is 2. The normalized spacial score (nSPS) is 12.3. The summed E-state index contributed by atoms with van der Waals surface area (Å²) in [6, 6.07) is 4.63. The third-order valence-corrected chi connectivity index (χ3v) is 2.37. The molecule has 0 spiro atoms. The van der Waals surface area contributed by atoms with E-state index in [1.165, 1.54) is 7.11 Å². The number of ether oxygens (including phenoxy) is 2. The first-order chi connectivity index (χ1) is 8.45. The Morgan fingerprint density at radius 2 is 2.00 bits per heavy atom. The summed E-state index contributed by atoms with van der Waals surface area (Å²) in [5.41, 5.74) is 6.50. The van der Waals surface area contributed by atoms with E-state index in [0.29, 0.717) is 17.1 Å². The van der Waals surface area contributed by atoms with Crippen molar-refractivity contribution in [3.8, 4) is 11.5 Å². The second kappa shape index (κ2) is 6.26. The van der Waals surface area contributed by atoms with Gasteiger partial charge >= 0.3 is 5.97 Å². The molecule has 0 aliphatic heterocycles. The topological polar surface area (TPSA) is 81.8 Å². The van der Waals surface area contributed by atoms with E-state index < -0.39 is 12.0 Å². The first-order valence-electron chi connectivity index (χ1n) is 5.76. The van der Waals surface area contributed by atoms with E-state index in [-0.39, 0.29) is 12.5 Å². The molecular formula is C13H19NO4. The predicted molar refractivity (Wildman–Crippen MR) is 67.9 cm³/mol. The van der Waals surface area contributed by atoms with Gasteiger partial charge in [-0.1, -0.05) is 6.07 Å². The average Bonchev–Trinajstić information content (AvgIpc) is 2.26. The van der Waals surface area contributed by atoms with Crippen LogP contribution in [0.15, 0.2) is 18.2 Å². The maximum Gasteiger partial charge on any atom is 0.305 e. The fourth-order valence-electron chi connectivity index (χ4n) is 1.71. The summed E-state index contributed by atoms with van der Waals surface area (Å²) in [5, 5.41) is 8.82. The number of benzene rings is 1. The Bertz CT molecular complexity index is 417. The number of methoxy groups -OCH3 is 1. The van der Waals surface area contributed by atoms with Crippen LogP contribution in [0, 0.1) is 0 Å².